The number of hydrogen-bond donors (Lipinski definition) is 1. The van der Waals surface area contributed by atoms with Crippen LogP contribution >= 0.6 is 11.8 Å². The van der Waals surface area contributed by atoms with E-state index >= 15 is 0 Å². The van der Waals surface area contributed by atoms with Crippen molar-refractivity contribution in [1.82, 2.24) is 15.3 Å². The number of benzene rings is 1. The van der Waals surface area contributed by atoms with Crippen molar-refractivity contribution in [1.29, 1.82) is 0 Å². The molecule has 1 aromatic heterocycles. The second kappa shape index (κ2) is 6.24. The molecule has 0 saturated heterocycles. The van der Waals surface area contributed by atoms with Crippen molar-refractivity contribution in [2.24, 2.45) is 0 Å². The minimum atomic E-state index is 0.706. The Morgan fingerprint density at radius 2 is 2.00 bits per heavy atom. The Hall–Kier alpha value is -1.59. The summed E-state index contributed by atoms with van der Waals surface area (Å²) in [5, 5.41) is 4.19. The van der Waals surface area contributed by atoms with E-state index in [4.69, 9.17) is 4.74 Å². The first-order valence-electron chi connectivity index (χ1n) is 6.70. The van der Waals surface area contributed by atoms with Crippen molar-refractivity contribution in [3.8, 4) is 5.75 Å². The van der Waals surface area contributed by atoms with Crippen molar-refractivity contribution < 1.29 is 4.74 Å². The molecule has 2 aromatic rings. The number of aromatic nitrogens is 2. The summed E-state index contributed by atoms with van der Waals surface area (Å²) >= 11 is 1.52. The minimum absolute atomic E-state index is 0.706. The molecule has 0 amide bonds. The van der Waals surface area contributed by atoms with Crippen LogP contribution in [-0.2, 0) is 6.54 Å². The van der Waals surface area contributed by atoms with E-state index in [0.717, 1.165) is 27.9 Å². The van der Waals surface area contributed by atoms with Gasteiger partial charge in [0.15, 0.2) is 5.16 Å². The van der Waals surface area contributed by atoms with Crippen LogP contribution in [0, 0.1) is 0 Å². The van der Waals surface area contributed by atoms with Gasteiger partial charge in [0.2, 0.25) is 0 Å². The Kier molecular flexibility index (Phi) is 4.18. The number of rotatable bonds is 6. The lowest BCUT2D eigenvalue weighted by Crippen LogP contribution is -2.15. The lowest BCUT2D eigenvalue weighted by molar-refractivity contribution is 0.405. The summed E-state index contributed by atoms with van der Waals surface area (Å²) < 4.78 is 5.33. The summed E-state index contributed by atoms with van der Waals surface area (Å²) in [5.74, 6) is 0.848. The molecule has 5 heteroatoms. The summed E-state index contributed by atoms with van der Waals surface area (Å²) in [6.07, 6.45) is 6.37. The van der Waals surface area contributed by atoms with Gasteiger partial charge < -0.3 is 10.1 Å². The van der Waals surface area contributed by atoms with E-state index in [0.29, 0.717) is 6.04 Å². The normalized spacial score (nSPS) is 14.2. The second-order valence-corrected chi connectivity index (χ2v) is 5.79. The predicted octanol–water partition coefficient (Wildman–Crippen LogP) is 2.89. The van der Waals surface area contributed by atoms with Crippen molar-refractivity contribution in [2.45, 2.75) is 35.5 Å². The maximum Gasteiger partial charge on any atom is 0.192 e. The maximum absolute atomic E-state index is 5.33. The fraction of sp³-hybridized carbons (Fsp3) is 0.333. The fourth-order valence-corrected chi connectivity index (χ4v) is 2.64. The third kappa shape index (κ3) is 3.49. The third-order valence-electron chi connectivity index (χ3n) is 3.12. The molecule has 1 aliphatic rings. The van der Waals surface area contributed by atoms with E-state index in [2.05, 4.69) is 15.3 Å². The Labute approximate surface area is 123 Å². The van der Waals surface area contributed by atoms with Gasteiger partial charge in [0.25, 0.3) is 0 Å². The number of nitrogens with one attached hydrogen (secondary N) is 1. The lowest BCUT2D eigenvalue weighted by atomic mass is 10.3. The molecule has 1 aromatic carbocycles. The van der Waals surface area contributed by atoms with Gasteiger partial charge in [0.1, 0.15) is 5.75 Å². The lowest BCUT2D eigenvalue weighted by Gasteiger charge is -2.07. The maximum atomic E-state index is 5.33. The van der Waals surface area contributed by atoms with E-state index < -0.39 is 0 Å². The largest absolute Gasteiger partial charge is 0.496 e. The van der Waals surface area contributed by atoms with Crippen molar-refractivity contribution in [2.75, 3.05) is 7.11 Å². The van der Waals surface area contributed by atoms with Gasteiger partial charge in [-0.05, 0) is 36.7 Å². The first kappa shape index (κ1) is 13.4. The third-order valence-corrected chi connectivity index (χ3v) is 4.07. The van der Waals surface area contributed by atoms with Gasteiger partial charge in [0, 0.05) is 30.5 Å². The number of hydrogen-bond acceptors (Lipinski definition) is 5. The van der Waals surface area contributed by atoms with E-state index in [9.17, 15) is 0 Å². The topological polar surface area (TPSA) is 47.0 Å². The first-order valence-corrected chi connectivity index (χ1v) is 7.52. The molecule has 1 saturated carbocycles. The molecule has 1 fully saturated rings. The Morgan fingerprint density at radius 3 is 2.70 bits per heavy atom. The van der Waals surface area contributed by atoms with Crippen molar-refractivity contribution in [3.05, 3.63) is 42.2 Å². The van der Waals surface area contributed by atoms with Gasteiger partial charge in [-0.15, -0.1) is 0 Å². The zero-order valence-corrected chi connectivity index (χ0v) is 12.2. The van der Waals surface area contributed by atoms with Crippen LogP contribution in [0.1, 0.15) is 18.4 Å². The fourth-order valence-electron chi connectivity index (χ4n) is 1.84. The van der Waals surface area contributed by atoms with Crippen LogP contribution < -0.4 is 10.1 Å². The summed E-state index contributed by atoms with van der Waals surface area (Å²) in [5.41, 5.74) is 1.13. The first-order chi connectivity index (χ1) is 9.85. The Balaban J connectivity index is 1.64. The Bertz CT molecular complexity index is 570. The zero-order chi connectivity index (χ0) is 13.8. The van der Waals surface area contributed by atoms with Gasteiger partial charge >= 0.3 is 0 Å². The minimum Gasteiger partial charge on any atom is -0.496 e. The van der Waals surface area contributed by atoms with Gasteiger partial charge in [0.05, 0.1) is 12.0 Å². The second-order valence-electron chi connectivity index (χ2n) is 4.78. The molecule has 1 heterocycles. The van der Waals surface area contributed by atoms with Gasteiger partial charge in [-0.3, -0.25) is 0 Å². The summed E-state index contributed by atoms with van der Waals surface area (Å²) in [4.78, 5) is 9.83. The molecule has 20 heavy (non-hydrogen) atoms. The standard InChI is InChI=1S/C15H17N3OS/c1-19-13-4-2-3-5-14(13)20-15-17-9-11(10-18-15)8-16-12-6-7-12/h2-5,9-10,12,16H,6-8H2,1H3. The van der Waals surface area contributed by atoms with Crippen LogP contribution in [0.2, 0.25) is 0 Å². The molecule has 0 unspecified atom stereocenters. The van der Waals surface area contributed by atoms with Gasteiger partial charge in [-0.1, -0.05) is 12.1 Å². The van der Waals surface area contributed by atoms with Crippen LogP contribution in [0.3, 0.4) is 0 Å². The van der Waals surface area contributed by atoms with Crippen LogP contribution in [-0.4, -0.2) is 23.1 Å². The van der Waals surface area contributed by atoms with E-state index in [1.54, 1.807) is 7.11 Å². The van der Waals surface area contributed by atoms with Crippen molar-refractivity contribution in [3.63, 3.8) is 0 Å². The smallest absolute Gasteiger partial charge is 0.192 e. The molecule has 4 nitrogen and oxygen atoms in total. The molecule has 0 aliphatic heterocycles. The molecular formula is C15H17N3OS. The van der Waals surface area contributed by atoms with Crippen molar-refractivity contribution >= 4 is 11.8 Å². The summed E-state index contributed by atoms with van der Waals surface area (Å²) in [6, 6.07) is 8.60. The van der Waals surface area contributed by atoms with Crippen LogP contribution in [0.15, 0.2) is 46.7 Å². The van der Waals surface area contributed by atoms with Gasteiger partial charge in [-0.2, -0.15) is 0 Å². The SMILES string of the molecule is COc1ccccc1Sc1ncc(CNC2CC2)cn1. The molecular weight excluding hydrogens is 270 g/mol. The number of para-hydroxylation sites is 1. The van der Waals surface area contributed by atoms with Crippen LogP contribution in [0.4, 0.5) is 0 Å². The van der Waals surface area contributed by atoms with E-state index in [1.165, 1.54) is 24.6 Å². The molecule has 0 atom stereocenters. The molecule has 1 aliphatic carbocycles. The summed E-state index contributed by atoms with van der Waals surface area (Å²) in [6.45, 7) is 0.851. The summed E-state index contributed by atoms with van der Waals surface area (Å²) in [7, 11) is 1.67. The molecule has 104 valence electrons. The molecule has 0 spiro atoms. The molecule has 0 bridgehead atoms. The number of nitrogens with zero attached hydrogens (tertiary/aromatic N) is 2. The quantitative estimate of drug-likeness (QED) is 0.828. The van der Waals surface area contributed by atoms with Crippen LogP contribution in [0.25, 0.3) is 0 Å². The van der Waals surface area contributed by atoms with Crippen LogP contribution in [0.5, 0.6) is 5.75 Å². The molecule has 3 rings (SSSR count). The molecule has 0 radical (unpaired) electrons. The predicted molar refractivity (Wildman–Crippen MR) is 79.0 cm³/mol. The highest BCUT2D eigenvalue weighted by molar-refractivity contribution is 7.99. The van der Waals surface area contributed by atoms with E-state index in [-0.39, 0.29) is 0 Å². The average Bonchev–Trinajstić information content (AvgIpc) is 3.31. The Morgan fingerprint density at radius 1 is 1.25 bits per heavy atom. The average molecular weight is 287 g/mol. The highest BCUT2D eigenvalue weighted by Crippen LogP contribution is 2.32. The number of methoxy groups -OCH3 is 1. The van der Waals surface area contributed by atoms with E-state index in [1.807, 2.05) is 36.7 Å². The molecule has 1 N–H and O–H groups in total. The number of ether oxygens (including phenoxy) is 1. The zero-order valence-electron chi connectivity index (χ0n) is 11.4. The monoisotopic (exact) mass is 287 g/mol. The highest BCUT2D eigenvalue weighted by atomic mass is 32.2. The van der Waals surface area contributed by atoms with Gasteiger partial charge in [-0.25, -0.2) is 9.97 Å². The highest BCUT2D eigenvalue weighted by Gasteiger charge is 2.19.